The first-order valence-electron chi connectivity index (χ1n) is 5.76. The molecule has 0 unspecified atom stereocenters. The molecule has 94 valence electrons. The van der Waals surface area contributed by atoms with E-state index in [1.54, 1.807) is 13.3 Å². The second-order valence-corrected chi connectivity index (χ2v) is 4.15. The van der Waals surface area contributed by atoms with Crippen LogP contribution in [0.2, 0.25) is 5.15 Å². The zero-order valence-electron chi connectivity index (χ0n) is 10.4. The van der Waals surface area contributed by atoms with Crippen molar-refractivity contribution in [2.45, 2.75) is 19.8 Å². The molecule has 4 nitrogen and oxygen atoms in total. The van der Waals surface area contributed by atoms with Crippen LogP contribution in [0.5, 0.6) is 5.75 Å². The highest BCUT2D eigenvalue weighted by atomic mass is 35.5. The average molecular weight is 264 g/mol. The Morgan fingerprint density at radius 1 is 1.22 bits per heavy atom. The molecule has 0 aliphatic rings. The molecule has 0 atom stereocenters. The van der Waals surface area contributed by atoms with Crippen LogP contribution in [0.3, 0.4) is 0 Å². The van der Waals surface area contributed by atoms with Crippen LogP contribution in [0.25, 0.3) is 11.4 Å². The zero-order valence-corrected chi connectivity index (χ0v) is 11.1. The minimum atomic E-state index is 0.481. The molecule has 0 aliphatic carbocycles. The molecule has 0 fully saturated rings. The van der Waals surface area contributed by atoms with Gasteiger partial charge in [0.2, 0.25) is 0 Å². The molecule has 0 amide bonds. The van der Waals surface area contributed by atoms with Gasteiger partial charge in [0.15, 0.2) is 0 Å². The van der Waals surface area contributed by atoms with Crippen molar-refractivity contribution in [3.8, 4) is 17.1 Å². The van der Waals surface area contributed by atoms with Gasteiger partial charge in [0.05, 0.1) is 7.11 Å². The molecule has 5 heteroatoms. The molecule has 0 N–H and O–H groups in total. The van der Waals surface area contributed by atoms with Crippen LogP contribution < -0.4 is 4.74 Å². The number of halogens is 1. The fraction of sp³-hybridized carbons (Fsp3) is 0.308. The number of hydrogen-bond acceptors (Lipinski definition) is 4. The molecule has 0 saturated carbocycles. The molecule has 0 spiro atoms. The van der Waals surface area contributed by atoms with Crippen molar-refractivity contribution in [2.24, 2.45) is 0 Å². The molecule has 2 aromatic heterocycles. The second kappa shape index (κ2) is 5.78. The van der Waals surface area contributed by atoms with Crippen LogP contribution in [0.1, 0.15) is 18.9 Å². The first-order valence-corrected chi connectivity index (χ1v) is 6.14. The quantitative estimate of drug-likeness (QED) is 0.795. The van der Waals surface area contributed by atoms with Crippen molar-refractivity contribution in [3.63, 3.8) is 0 Å². The third-order valence-electron chi connectivity index (χ3n) is 2.61. The maximum Gasteiger partial charge on any atom is 0.146 e. The number of methoxy groups -OCH3 is 1. The molecule has 0 saturated heterocycles. The standard InChI is InChI=1S/C13H14ClN3O/c1-3-5-9-11(16-8-17-13(9)14)12-10(18-2)6-4-7-15-12/h4,6-8H,3,5H2,1-2H3. The Bertz CT molecular complexity index is 546. The third-order valence-corrected chi connectivity index (χ3v) is 2.93. The third kappa shape index (κ3) is 2.43. The molecule has 0 radical (unpaired) electrons. The SMILES string of the molecule is CCCc1c(Cl)ncnc1-c1ncccc1OC. The topological polar surface area (TPSA) is 47.9 Å². The summed E-state index contributed by atoms with van der Waals surface area (Å²) >= 11 is 6.13. The van der Waals surface area contributed by atoms with Gasteiger partial charge in [-0.1, -0.05) is 24.9 Å². The summed E-state index contributed by atoms with van der Waals surface area (Å²) in [6, 6.07) is 3.68. The van der Waals surface area contributed by atoms with Gasteiger partial charge in [0, 0.05) is 11.8 Å². The lowest BCUT2D eigenvalue weighted by molar-refractivity contribution is 0.414. The predicted octanol–water partition coefficient (Wildman–Crippen LogP) is 3.15. The Morgan fingerprint density at radius 3 is 2.78 bits per heavy atom. The van der Waals surface area contributed by atoms with Crippen molar-refractivity contribution in [3.05, 3.63) is 35.4 Å². The van der Waals surface area contributed by atoms with Crippen molar-refractivity contribution in [2.75, 3.05) is 7.11 Å². The van der Waals surface area contributed by atoms with E-state index in [-0.39, 0.29) is 0 Å². The van der Waals surface area contributed by atoms with Gasteiger partial charge in [-0.05, 0) is 18.6 Å². The fourth-order valence-corrected chi connectivity index (χ4v) is 2.03. The molecule has 0 bridgehead atoms. The first kappa shape index (κ1) is 12.8. The van der Waals surface area contributed by atoms with Gasteiger partial charge in [-0.2, -0.15) is 0 Å². The Labute approximate surface area is 111 Å². The average Bonchev–Trinajstić information content (AvgIpc) is 2.41. The van der Waals surface area contributed by atoms with Crippen molar-refractivity contribution in [1.29, 1.82) is 0 Å². The minimum absolute atomic E-state index is 0.481. The van der Waals surface area contributed by atoms with Crippen LogP contribution in [-0.4, -0.2) is 22.1 Å². The van der Waals surface area contributed by atoms with Gasteiger partial charge in [0.25, 0.3) is 0 Å². The van der Waals surface area contributed by atoms with Gasteiger partial charge >= 0.3 is 0 Å². The van der Waals surface area contributed by atoms with Gasteiger partial charge in [-0.15, -0.1) is 0 Å². The van der Waals surface area contributed by atoms with Crippen LogP contribution in [-0.2, 0) is 6.42 Å². The lowest BCUT2D eigenvalue weighted by Gasteiger charge is -2.11. The highest BCUT2D eigenvalue weighted by Crippen LogP contribution is 2.31. The molecule has 2 aromatic rings. The Morgan fingerprint density at radius 2 is 2.06 bits per heavy atom. The summed E-state index contributed by atoms with van der Waals surface area (Å²) in [5, 5.41) is 0.481. The molecule has 2 rings (SSSR count). The number of rotatable bonds is 4. The number of nitrogens with zero attached hydrogens (tertiary/aromatic N) is 3. The number of pyridine rings is 1. The van der Waals surface area contributed by atoms with E-state index < -0.39 is 0 Å². The lowest BCUT2D eigenvalue weighted by atomic mass is 10.1. The smallest absolute Gasteiger partial charge is 0.146 e. The van der Waals surface area contributed by atoms with Gasteiger partial charge in [0.1, 0.15) is 28.6 Å². The molecule has 0 aromatic carbocycles. The summed E-state index contributed by atoms with van der Waals surface area (Å²) in [4.78, 5) is 12.7. The fourth-order valence-electron chi connectivity index (χ4n) is 1.80. The Hall–Kier alpha value is -1.68. The summed E-state index contributed by atoms with van der Waals surface area (Å²) in [5.41, 5.74) is 2.36. The largest absolute Gasteiger partial charge is 0.494 e. The minimum Gasteiger partial charge on any atom is -0.494 e. The zero-order chi connectivity index (χ0) is 13.0. The number of hydrogen-bond donors (Lipinski definition) is 0. The summed E-state index contributed by atoms with van der Waals surface area (Å²) in [6.07, 6.45) is 4.94. The van der Waals surface area contributed by atoms with E-state index in [9.17, 15) is 0 Å². The highest BCUT2D eigenvalue weighted by Gasteiger charge is 2.15. The van der Waals surface area contributed by atoms with Crippen molar-refractivity contribution in [1.82, 2.24) is 15.0 Å². The monoisotopic (exact) mass is 263 g/mol. The first-order chi connectivity index (χ1) is 8.77. The maximum atomic E-state index is 6.13. The van der Waals surface area contributed by atoms with Crippen LogP contribution in [0.15, 0.2) is 24.7 Å². The number of ether oxygens (including phenoxy) is 1. The highest BCUT2D eigenvalue weighted by molar-refractivity contribution is 6.30. The second-order valence-electron chi connectivity index (χ2n) is 3.80. The number of aromatic nitrogens is 3. The normalized spacial score (nSPS) is 10.4. The van der Waals surface area contributed by atoms with E-state index in [0.29, 0.717) is 16.6 Å². The lowest BCUT2D eigenvalue weighted by Crippen LogP contribution is -2.00. The maximum absolute atomic E-state index is 6.13. The molecule has 18 heavy (non-hydrogen) atoms. The van der Waals surface area contributed by atoms with E-state index in [1.807, 2.05) is 12.1 Å². The molecular formula is C13H14ClN3O. The predicted molar refractivity (Wildman–Crippen MR) is 70.8 cm³/mol. The van der Waals surface area contributed by atoms with Crippen molar-refractivity contribution >= 4 is 11.6 Å². The Kier molecular flexibility index (Phi) is 4.10. The van der Waals surface area contributed by atoms with Gasteiger partial charge in [-0.25, -0.2) is 9.97 Å². The summed E-state index contributed by atoms with van der Waals surface area (Å²) in [6.45, 7) is 2.09. The van der Waals surface area contributed by atoms with Gasteiger partial charge < -0.3 is 4.74 Å². The summed E-state index contributed by atoms with van der Waals surface area (Å²) in [7, 11) is 1.61. The Balaban J connectivity index is 2.59. The van der Waals surface area contributed by atoms with Crippen molar-refractivity contribution < 1.29 is 4.74 Å². The van der Waals surface area contributed by atoms with Crippen LogP contribution in [0.4, 0.5) is 0 Å². The van der Waals surface area contributed by atoms with E-state index in [2.05, 4.69) is 21.9 Å². The summed E-state index contributed by atoms with van der Waals surface area (Å²) < 4.78 is 5.31. The van der Waals surface area contributed by atoms with E-state index >= 15 is 0 Å². The molecule has 2 heterocycles. The van der Waals surface area contributed by atoms with E-state index in [1.165, 1.54) is 6.33 Å². The van der Waals surface area contributed by atoms with Crippen LogP contribution in [0, 0.1) is 0 Å². The summed E-state index contributed by atoms with van der Waals surface area (Å²) in [5.74, 6) is 0.685. The van der Waals surface area contributed by atoms with E-state index in [0.717, 1.165) is 24.1 Å². The van der Waals surface area contributed by atoms with Gasteiger partial charge in [-0.3, -0.25) is 4.98 Å². The molecule has 0 aliphatic heterocycles. The molecular weight excluding hydrogens is 250 g/mol. The van der Waals surface area contributed by atoms with E-state index in [4.69, 9.17) is 16.3 Å². The van der Waals surface area contributed by atoms with Crippen LogP contribution >= 0.6 is 11.6 Å².